The van der Waals surface area contributed by atoms with Crippen LogP contribution in [-0.2, 0) is 4.74 Å². The summed E-state index contributed by atoms with van der Waals surface area (Å²) >= 11 is 0. The van der Waals surface area contributed by atoms with Crippen LogP contribution in [0, 0.1) is 32.4 Å². The van der Waals surface area contributed by atoms with Gasteiger partial charge in [0.15, 0.2) is 5.65 Å². The Kier molecular flexibility index (Phi) is 5.46. The first-order valence-electron chi connectivity index (χ1n) is 10.8. The lowest BCUT2D eigenvalue weighted by atomic mass is 10.1. The number of benzene rings is 1. The maximum Gasteiger partial charge on any atom is 0.228 e. The topological polar surface area (TPSA) is 64.0 Å². The molecule has 4 heterocycles. The molecule has 33 heavy (non-hydrogen) atoms. The Morgan fingerprint density at radius 1 is 1.00 bits per heavy atom. The van der Waals surface area contributed by atoms with Gasteiger partial charge in [-0.2, -0.15) is 4.98 Å². The van der Waals surface area contributed by atoms with Crippen molar-refractivity contribution in [3.8, 4) is 11.3 Å². The van der Waals surface area contributed by atoms with Crippen molar-refractivity contribution in [2.45, 2.75) is 26.9 Å². The van der Waals surface area contributed by atoms with Crippen LogP contribution in [-0.4, -0.2) is 39.6 Å². The first kappa shape index (κ1) is 21.3. The predicted octanol–water partition coefficient (Wildman–Crippen LogP) is 4.87. The molecule has 8 heteroatoms. The van der Waals surface area contributed by atoms with Crippen LogP contribution in [0.25, 0.3) is 22.3 Å². The standard InChI is InChI=1S/C25H23F2N5O/c1-14-10-20-23(19-5-4-18(26)12-21(19)27)30-25(31-24(20)29-16(14)3)32-8-9-33-22(13-32)17-6-7-28-15(2)11-17/h4-7,10-12,22H,8-9,13H2,1-3H3/t22-/m0/s1. The van der Waals surface area contributed by atoms with Crippen LogP contribution in [0.4, 0.5) is 14.7 Å². The molecule has 0 amide bonds. The Morgan fingerprint density at radius 2 is 1.85 bits per heavy atom. The largest absolute Gasteiger partial charge is 0.370 e. The Bertz CT molecular complexity index is 1360. The highest BCUT2D eigenvalue weighted by Gasteiger charge is 2.26. The monoisotopic (exact) mass is 447 g/mol. The normalized spacial score (nSPS) is 16.4. The number of aryl methyl sites for hydroxylation is 3. The fourth-order valence-corrected chi connectivity index (χ4v) is 4.06. The average Bonchev–Trinajstić information content (AvgIpc) is 2.80. The van der Waals surface area contributed by atoms with Crippen molar-refractivity contribution in [2.75, 3.05) is 24.6 Å². The van der Waals surface area contributed by atoms with Crippen molar-refractivity contribution in [3.63, 3.8) is 0 Å². The van der Waals surface area contributed by atoms with E-state index in [2.05, 4.69) is 9.97 Å². The minimum atomic E-state index is -0.675. The second-order valence-corrected chi connectivity index (χ2v) is 8.29. The van der Waals surface area contributed by atoms with Gasteiger partial charge in [-0.05, 0) is 62.2 Å². The summed E-state index contributed by atoms with van der Waals surface area (Å²) in [4.78, 5) is 20.4. The molecule has 0 N–H and O–H groups in total. The van der Waals surface area contributed by atoms with Gasteiger partial charge in [0.25, 0.3) is 0 Å². The smallest absolute Gasteiger partial charge is 0.228 e. The van der Waals surface area contributed by atoms with Crippen LogP contribution < -0.4 is 4.90 Å². The fourth-order valence-electron chi connectivity index (χ4n) is 4.06. The molecule has 168 valence electrons. The molecule has 5 rings (SSSR count). The van der Waals surface area contributed by atoms with E-state index in [0.29, 0.717) is 42.4 Å². The van der Waals surface area contributed by atoms with Gasteiger partial charge in [0.2, 0.25) is 5.95 Å². The van der Waals surface area contributed by atoms with Crippen molar-refractivity contribution < 1.29 is 13.5 Å². The minimum absolute atomic E-state index is 0.168. The lowest BCUT2D eigenvalue weighted by Crippen LogP contribution is -2.39. The van der Waals surface area contributed by atoms with Gasteiger partial charge in [-0.3, -0.25) is 4.98 Å². The van der Waals surface area contributed by atoms with Gasteiger partial charge < -0.3 is 9.64 Å². The third-order valence-electron chi connectivity index (χ3n) is 5.95. The van der Waals surface area contributed by atoms with Crippen molar-refractivity contribution in [2.24, 2.45) is 0 Å². The number of pyridine rings is 2. The second kappa shape index (κ2) is 8.44. The fraction of sp³-hybridized carbons (Fsp3) is 0.280. The molecule has 3 aromatic heterocycles. The molecule has 0 aliphatic carbocycles. The molecule has 0 radical (unpaired) electrons. The number of ether oxygens (including phenoxy) is 1. The number of aromatic nitrogens is 4. The molecule has 1 saturated heterocycles. The molecule has 1 aliphatic heterocycles. The van der Waals surface area contributed by atoms with Crippen LogP contribution in [0.2, 0.25) is 0 Å². The number of fused-ring (bicyclic) bond motifs is 1. The van der Waals surface area contributed by atoms with E-state index in [1.54, 1.807) is 6.20 Å². The van der Waals surface area contributed by atoms with Gasteiger partial charge in [0, 0.05) is 41.1 Å². The summed E-state index contributed by atoms with van der Waals surface area (Å²) in [6.07, 6.45) is 1.60. The van der Waals surface area contributed by atoms with E-state index >= 15 is 0 Å². The molecule has 0 saturated carbocycles. The summed E-state index contributed by atoms with van der Waals surface area (Å²) in [7, 11) is 0. The number of nitrogens with zero attached hydrogens (tertiary/aromatic N) is 5. The zero-order chi connectivity index (χ0) is 23.1. The number of halogens is 2. The van der Waals surface area contributed by atoms with Crippen LogP contribution in [0.3, 0.4) is 0 Å². The lowest BCUT2D eigenvalue weighted by molar-refractivity contribution is 0.0391. The van der Waals surface area contributed by atoms with E-state index in [-0.39, 0.29) is 11.7 Å². The number of hydrogen-bond acceptors (Lipinski definition) is 6. The molecule has 6 nitrogen and oxygen atoms in total. The first-order chi connectivity index (χ1) is 15.9. The third kappa shape index (κ3) is 4.14. The summed E-state index contributed by atoms with van der Waals surface area (Å²) in [6.45, 7) is 7.40. The molecule has 0 spiro atoms. The van der Waals surface area contributed by atoms with E-state index in [1.165, 1.54) is 12.1 Å². The lowest BCUT2D eigenvalue weighted by Gasteiger charge is -2.33. The highest BCUT2D eigenvalue weighted by Crippen LogP contribution is 2.32. The van der Waals surface area contributed by atoms with Gasteiger partial charge in [0.1, 0.15) is 17.7 Å². The third-order valence-corrected chi connectivity index (χ3v) is 5.95. The van der Waals surface area contributed by atoms with E-state index in [4.69, 9.17) is 14.7 Å². The summed E-state index contributed by atoms with van der Waals surface area (Å²) in [6, 6.07) is 9.36. The molecule has 1 aliphatic rings. The zero-order valence-electron chi connectivity index (χ0n) is 18.6. The Hall–Kier alpha value is -3.52. The quantitative estimate of drug-likeness (QED) is 0.447. The van der Waals surface area contributed by atoms with E-state index < -0.39 is 11.6 Å². The molecule has 0 unspecified atom stereocenters. The first-order valence-corrected chi connectivity index (χ1v) is 10.8. The molecule has 1 aromatic carbocycles. The number of morpholine rings is 1. The van der Waals surface area contributed by atoms with Crippen molar-refractivity contribution in [1.29, 1.82) is 0 Å². The second-order valence-electron chi connectivity index (χ2n) is 8.29. The van der Waals surface area contributed by atoms with Crippen LogP contribution in [0.5, 0.6) is 0 Å². The Labute approximate surface area is 190 Å². The van der Waals surface area contributed by atoms with Crippen molar-refractivity contribution in [1.82, 2.24) is 19.9 Å². The van der Waals surface area contributed by atoms with Gasteiger partial charge >= 0.3 is 0 Å². The summed E-state index contributed by atoms with van der Waals surface area (Å²) < 4.78 is 34.4. The van der Waals surface area contributed by atoms with E-state index in [9.17, 15) is 8.78 Å². The van der Waals surface area contributed by atoms with Crippen LogP contribution in [0.15, 0.2) is 42.6 Å². The maximum atomic E-state index is 14.8. The molecule has 1 atom stereocenters. The van der Waals surface area contributed by atoms with Gasteiger partial charge in [-0.25, -0.2) is 18.7 Å². The SMILES string of the molecule is Cc1cc([C@@H]2CN(c3nc(-c4ccc(F)cc4F)c4cc(C)c(C)nc4n3)CCO2)ccn1. The number of rotatable bonds is 3. The minimum Gasteiger partial charge on any atom is -0.370 e. The maximum absolute atomic E-state index is 14.8. The average molecular weight is 447 g/mol. The van der Waals surface area contributed by atoms with Gasteiger partial charge in [0.05, 0.1) is 18.8 Å². The highest BCUT2D eigenvalue weighted by molar-refractivity contribution is 5.92. The zero-order valence-corrected chi connectivity index (χ0v) is 18.6. The Balaban J connectivity index is 1.62. The van der Waals surface area contributed by atoms with Gasteiger partial charge in [-0.1, -0.05) is 0 Å². The van der Waals surface area contributed by atoms with Crippen molar-refractivity contribution >= 4 is 17.0 Å². The molecular formula is C25H23F2N5O. The van der Waals surface area contributed by atoms with Crippen LogP contribution >= 0.6 is 0 Å². The molecular weight excluding hydrogens is 424 g/mol. The van der Waals surface area contributed by atoms with Crippen molar-refractivity contribution in [3.05, 3.63) is 76.7 Å². The molecule has 4 aromatic rings. The summed E-state index contributed by atoms with van der Waals surface area (Å²) in [5.74, 6) is -0.869. The van der Waals surface area contributed by atoms with Crippen LogP contribution in [0.1, 0.15) is 28.6 Å². The van der Waals surface area contributed by atoms with E-state index in [1.807, 2.05) is 43.9 Å². The Morgan fingerprint density at radius 3 is 2.64 bits per heavy atom. The molecule has 1 fully saturated rings. The summed E-state index contributed by atoms with van der Waals surface area (Å²) in [5.41, 5.74) is 4.81. The predicted molar refractivity (Wildman–Crippen MR) is 122 cm³/mol. The molecule has 0 bridgehead atoms. The number of anilines is 1. The highest BCUT2D eigenvalue weighted by atomic mass is 19.1. The van der Waals surface area contributed by atoms with Gasteiger partial charge in [-0.15, -0.1) is 0 Å². The van der Waals surface area contributed by atoms with E-state index in [0.717, 1.165) is 28.6 Å². The number of hydrogen-bond donors (Lipinski definition) is 0. The summed E-state index contributed by atoms with van der Waals surface area (Å²) in [5, 5.41) is 0.627.